The Kier molecular flexibility index (Phi) is 4.48. The van der Waals surface area contributed by atoms with Crippen LogP contribution in [0.2, 0.25) is 0 Å². The summed E-state index contributed by atoms with van der Waals surface area (Å²) in [6, 6.07) is 3.90. The molecule has 0 aromatic carbocycles. The van der Waals surface area contributed by atoms with Crippen molar-refractivity contribution in [2.45, 2.75) is 50.5 Å². The Bertz CT molecular complexity index is 827. The van der Waals surface area contributed by atoms with Gasteiger partial charge in [-0.1, -0.05) is 12.8 Å². The third-order valence-corrected chi connectivity index (χ3v) is 6.73. The highest BCUT2D eigenvalue weighted by molar-refractivity contribution is 7.15. The molecule has 26 heavy (non-hydrogen) atoms. The summed E-state index contributed by atoms with van der Waals surface area (Å²) in [5, 5.41) is 3.96. The number of carbonyl (C=O) groups excluding carboxylic acids is 2. The molecular weight excluding hydrogens is 348 g/mol. The van der Waals surface area contributed by atoms with Crippen LogP contribution < -0.4 is 11.1 Å². The lowest BCUT2D eigenvalue weighted by Gasteiger charge is -2.30. The summed E-state index contributed by atoms with van der Waals surface area (Å²) >= 11 is 1.69. The number of pyridine rings is 1. The first-order valence-corrected chi connectivity index (χ1v) is 9.90. The Morgan fingerprint density at radius 3 is 2.65 bits per heavy atom. The van der Waals surface area contributed by atoms with Gasteiger partial charge in [0.1, 0.15) is 10.5 Å². The minimum absolute atomic E-state index is 0.0604. The van der Waals surface area contributed by atoms with Crippen molar-refractivity contribution in [3.63, 3.8) is 0 Å². The second kappa shape index (κ2) is 6.79. The number of nitrogens with one attached hydrogen (secondary N) is 1. The van der Waals surface area contributed by atoms with Gasteiger partial charge in [0.2, 0.25) is 11.8 Å². The van der Waals surface area contributed by atoms with Crippen molar-refractivity contribution >= 4 is 23.2 Å². The largest absolute Gasteiger partial charge is 0.368 e. The van der Waals surface area contributed by atoms with Crippen molar-refractivity contribution < 1.29 is 9.59 Å². The van der Waals surface area contributed by atoms with Gasteiger partial charge in [0.05, 0.1) is 5.69 Å². The molecular formula is C19H22N4O2S. The van der Waals surface area contributed by atoms with Crippen molar-refractivity contribution in [3.05, 3.63) is 35.1 Å². The predicted octanol–water partition coefficient (Wildman–Crippen LogP) is 2.22. The summed E-state index contributed by atoms with van der Waals surface area (Å²) in [6.45, 7) is 0. The van der Waals surface area contributed by atoms with Crippen LogP contribution in [0.4, 0.5) is 0 Å². The van der Waals surface area contributed by atoms with E-state index in [4.69, 9.17) is 10.7 Å². The number of fused-ring (bicyclic) bond motifs is 1. The first kappa shape index (κ1) is 17.1. The molecule has 2 aromatic rings. The van der Waals surface area contributed by atoms with Gasteiger partial charge >= 0.3 is 0 Å². The molecule has 7 heteroatoms. The SMILES string of the molecule is NC(=O)C1(NC(=O)C2CCc3sc(-c4ccncc4)nc3C2)CCCC1. The van der Waals surface area contributed by atoms with E-state index in [-0.39, 0.29) is 11.8 Å². The predicted molar refractivity (Wildman–Crippen MR) is 99.4 cm³/mol. The number of nitrogens with two attached hydrogens (primary N) is 1. The average Bonchev–Trinajstić information content (AvgIpc) is 3.29. The number of carbonyl (C=O) groups is 2. The summed E-state index contributed by atoms with van der Waals surface area (Å²) in [5.41, 5.74) is 6.80. The van der Waals surface area contributed by atoms with Gasteiger partial charge in [0.15, 0.2) is 0 Å². The van der Waals surface area contributed by atoms with Crippen molar-refractivity contribution in [2.75, 3.05) is 0 Å². The third-order valence-electron chi connectivity index (χ3n) is 5.53. The van der Waals surface area contributed by atoms with Crippen LogP contribution in [-0.2, 0) is 22.4 Å². The van der Waals surface area contributed by atoms with Gasteiger partial charge in [-0.3, -0.25) is 14.6 Å². The summed E-state index contributed by atoms with van der Waals surface area (Å²) in [6.07, 6.45) is 8.93. The zero-order valence-corrected chi connectivity index (χ0v) is 15.3. The van der Waals surface area contributed by atoms with E-state index < -0.39 is 11.4 Å². The fourth-order valence-corrected chi connectivity index (χ4v) is 5.08. The van der Waals surface area contributed by atoms with Crippen molar-refractivity contribution in [1.82, 2.24) is 15.3 Å². The van der Waals surface area contributed by atoms with E-state index in [1.165, 1.54) is 4.88 Å². The smallest absolute Gasteiger partial charge is 0.243 e. The van der Waals surface area contributed by atoms with E-state index in [9.17, 15) is 9.59 Å². The van der Waals surface area contributed by atoms with E-state index in [1.807, 2.05) is 12.1 Å². The minimum atomic E-state index is -0.846. The summed E-state index contributed by atoms with van der Waals surface area (Å²) in [5.74, 6) is -0.616. The number of aromatic nitrogens is 2. The van der Waals surface area contributed by atoms with Crippen LogP contribution in [0.15, 0.2) is 24.5 Å². The molecule has 136 valence electrons. The highest BCUT2D eigenvalue weighted by Gasteiger charge is 2.42. The number of rotatable bonds is 4. The molecule has 0 radical (unpaired) electrons. The molecule has 0 saturated heterocycles. The maximum absolute atomic E-state index is 12.8. The van der Waals surface area contributed by atoms with Gasteiger partial charge in [-0.05, 0) is 37.8 Å². The molecule has 3 N–H and O–H groups in total. The first-order valence-electron chi connectivity index (χ1n) is 9.08. The standard InChI is InChI=1S/C19H22N4O2S/c20-18(25)19(7-1-2-8-19)23-16(24)13-3-4-15-14(11-13)22-17(26-15)12-5-9-21-10-6-12/h5-6,9-10,13H,1-4,7-8,11H2,(H2,20,25)(H,23,24). The third kappa shape index (κ3) is 3.11. The van der Waals surface area contributed by atoms with Crippen molar-refractivity contribution in [3.8, 4) is 10.6 Å². The number of nitrogens with zero attached hydrogens (tertiary/aromatic N) is 2. The Morgan fingerprint density at radius 1 is 1.23 bits per heavy atom. The van der Waals surface area contributed by atoms with E-state index in [1.54, 1.807) is 23.7 Å². The van der Waals surface area contributed by atoms with Gasteiger partial charge in [0.25, 0.3) is 0 Å². The van der Waals surface area contributed by atoms with Crippen molar-refractivity contribution in [1.29, 1.82) is 0 Å². The van der Waals surface area contributed by atoms with Gasteiger partial charge in [-0.15, -0.1) is 11.3 Å². The number of primary amides is 1. The monoisotopic (exact) mass is 370 g/mol. The van der Waals surface area contributed by atoms with Crippen LogP contribution in [0.5, 0.6) is 0 Å². The molecule has 0 spiro atoms. The number of hydrogen-bond donors (Lipinski definition) is 2. The highest BCUT2D eigenvalue weighted by Crippen LogP contribution is 2.35. The maximum atomic E-state index is 12.8. The quantitative estimate of drug-likeness (QED) is 0.862. The van der Waals surface area contributed by atoms with Gasteiger partial charge < -0.3 is 11.1 Å². The molecule has 1 unspecified atom stereocenters. The van der Waals surface area contributed by atoms with Gasteiger partial charge in [0, 0.05) is 35.2 Å². The van der Waals surface area contributed by atoms with E-state index in [0.717, 1.165) is 41.9 Å². The molecule has 2 aromatic heterocycles. The fourth-order valence-electron chi connectivity index (χ4n) is 3.97. The topological polar surface area (TPSA) is 98.0 Å². The molecule has 2 amide bonds. The van der Waals surface area contributed by atoms with E-state index in [2.05, 4.69) is 10.3 Å². The summed E-state index contributed by atoms with van der Waals surface area (Å²) < 4.78 is 0. The Morgan fingerprint density at radius 2 is 1.96 bits per heavy atom. The molecule has 1 saturated carbocycles. The lowest BCUT2D eigenvalue weighted by Crippen LogP contribution is -2.57. The number of amides is 2. The van der Waals surface area contributed by atoms with E-state index >= 15 is 0 Å². The van der Waals surface area contributed by atoms with Crippen LogP contribution in [0.3, 0.4) is 0 Å². The molecule has 4 rings (SSSR count). The van der Waals surface area contributed by atoms with Crippen LogP contribution in [0, 0.1) is 5.92 Å². The average molecular weight is 370 g/mol. The lowest BCUT2D eigenvalue weighted by molar-refractivity contribution is -0.133. The minimum Gasteiger partial charge on any atom is -0.368 e. The molecule has 0 bridgehead atoms. The van der Waals surface area contributed by atoms with E-state index in [0.29, 0.717) is 19.3 Å². The number of hydrogen-bond acceptors (Lipinski definition) is 5. The van der Waals surface area contributed by atoms with Crippen LogP contribution in [0.25, 0.3) is 10.6 Å². The second-order valence-electron chi connectivity index (χ2n) is 7.21. The molecule has 6 nitrogen and oxygen atoms in total. The van der Waals surface area contributed by atoms with Crippen LogP contribution >= 0.6 is 11.3 Å². The van der Waals surface area contributed by atoms with Crippen LogP contribution in [-0.4, -0.2) is 27.3 Å². The van der Waals surface area contributed by atoms with Gasteiger partial charge in [-0.25, -0.2) is 4.98 Å². The molecule has 1 atom stereocenters. The summed E-state index contributed by atoms with van der Waals surface area (Å²) in [4.78, 5) is 34.7. The molecule has 2 heterocycles. The van der Waals surface area contributed by atoms with Gasteiger partial charge in [-0.2, -0.15) is 0 Å². The normalized spacial score (nSPS) is 21.2. The summed E-state index contributed by atoms with van der Waals surface area (Å²) in [7, 11) is 0. The Labute approximate surface area is 156 Å². The lowest BCUT2D eigenvalue weighted by atomic mass is 9.88. The molecule has 2 aliphatic rings. The van der Waals surface area contributed by atoms with Crippen LogP contribution in [0.1, 0.15) is 42.7 Å². The molecule has 2 aliphatic carbocycles. The number of aryl methyl sites for hydroxylation is 1. The zero-order chi connectivity index (χ0) is 18.1. The second-order valence-corrected chi connectivity index (χ2v) is 8.29. The molecule has 1 fully saturated rings. The zero-order valence-electron chi connectivity index (χ0n) is 14.5. The Hall–Kier alpha value is -2.28. The maximum Gasteiger partial charge on any atom is 0.243 e. The molecule has 0 aliphatic heterocycles. The highest BCUT2D eigenvalue weighted by atomic mass is 32.1. The first-order chi connectivity index (χ1) is 12.6. The Balaban J connectivity index is 1.49. The number of thiazole rings is 1. The fraction of sp³-hybridized carbons (Fsp3) is 0.474. The van der Waals surface area contributed by atoms with Crippen molar-refractivity contribution in [2.24, 2.45) is 11.7 Å².